The van der Waals surface area contributed by atoms with Crippen molar-refractivity contribution in [2.75, 3.05) is 11.9 Å². The molecule has 30 heavy (non-hydrogen) atoms. The van der Waals surface area contributed by atoms with Crippen LogP contribution in [-0.2, 0) is 6.18 Å². The Balaban J connectivity index is 1.97. The Hall–Kier alpha value is -3.08. The topological polar surface area (TPSA) is 59.9 Å². The number of aromatic nitrogens is 3. The molecule has 0 aliphatic rings. The van der Waals surface area contributed by atoms with Crippen LogP contribution in [0.2, 0.25) is 5.02 Å². The van der Waals surface area contributed by atoms with Crippen molar-refractivity contribution in [2.24, 2.45) is 0 Å². The van der Waals surface area contributed by atoms with Crippen LogP contribution in [0.4, 0.5) is 38.0 Å². The van der Waals surface area contributed by atoms with E-state index in [1.807, 2.05) is 0 Å². The number of rotatable bonds is 5. The first-order valence-corrected chi connectivity index (χ1v) is 8.53. The molecule has 0 spiro atoms. The zero-order valence-corrected chi connectivity index (χ0v) is 15.5. The van der Waals surface area contributed by atoms with Gasteiger partial charge in [-0.15, -0.1) is 0 Å². The van der Waals surface area contributed by atoms with Gasteiger partial charge in [0, 0.05) is 16.3 Å². The van der Waals surface area contributed by atoms with Crippen molar-refractivity contribution in [1.29, 1.82) is 0 Å². The molecule has 0 atom stereocenters. The van der Waals surface area contributed by atoms with E-state index >= 15 is 0 Å². The van der Waals surface area contributed by atoms with Gasteiger partial charge in [-0.3, -0.25) is 0 Å². The first-order valence-electron chi connectivity index (χ1n) is 8.15. The maximum Gasteiger partial charge on any atom is 0.422 e. The van der Waals surface area contributed by atoms with E-state index in [0.717, 1.165) is 18.2 Å². The first kappa shape index (κ1) is 21.6. The monoisotopic (exact) mass is 448 g/mol. The van der Waals surface area contributed by atoms with Crippen LogP contribution in [0.15, 0.2) is 48.5 Å². The summed E-state index contributed by atoms with van der Waals surface area (Å²) in [6.45, 7) is -1.66. The fraction of sp³-hybridized carbons (Fsp3) is 0.167. The van der Waals surface area contributed by atoms with Crippen molar-refractivity contribution < 1.29 is 31.1 Å². The van der Waals surface area contributed by atoms with Crippen LogP contribution in [0, 0.1) is 0 Å². The molecule has 5 nitrogen and oxygen atoms in total. The molecule has 1 N–H and O–H groups in total. The molecular formula is C18H11ClF6N4O. The molecule has 0 aliphatic carbocycles. The van der Waals surface area contributed by atoms with Crippen molar-refractivity contribution >= 4 is 23.2 Å². The van der Waals surface area contributed by atoms with Crippen molar-refractivity contribution in [3.8, 4) is 17.4 Å². The van der Waals surface area contributed by atoms with Gasteiger partial charge in [-0.25, -0.2) is 0 Å². The molecule has 3 rings (SSSR count). The van der Waals surface area contributed by atoms with Crippen LogP contribution >= 0.6 is 11.6 Å². The summed E-state index contributed by atoms with van der Waals surface area (Å²) >= 11 is 5.91. The third-order valence-corrected chi connectivity index (χ3v) is 3.74. The predicted molar refractivity (Wildman–Crippen MR) is 96.5 cm³/mol. The molecule has 158 valence electrons. The highest BCUT2D eigenvalue weighted by Crippen LogP contribution is 2.31. The number of hydrogen-bond acceptors (Lipinski definition) is 5. The third-order valence-electron chi connectivity index (χ3n) is 3.51. The minimum atomic E-state index is -4.64. The Labute approximate surface area is 170 Å². The van der Waals surface area contributed by atoms with Gasteiger partial charge >= 0.3 is 18.4 Å². The van der Waals surface area contributed by atoms with Crippen molar-refractivity contribution in [3.05, 3.63) is 59.1 Å². The van der Waals surface area contributed by atoms with E-state index in [-0.39, 0.29) is 17.5 Å². The van der Waals surface area contributed by atoms with Crippen LogP contribution in [0.3, 0.4) is 0 Å². The summed E-state index contributed by atoms with van der Waals surface area (Å²) in [7, 11) is 0. The van der Waals surface area contributed by atoms with Crippen LogP contribution in [0.25, 0.3) is 11.4 Å². The summed E-state index contributed by atoms with van der Waals surface area (Å²) < 4.78 is 80.7. The van der Waals surface area contributed by atoms with E-state index in [4.69, 9.17) is 11.6 Å². The third kappa shape index (κ3) is 5.96. The molecule has 1 heterocycles. The van der Waals surface area contributed by atoms with Crippen molar-refractivity contribution in [2.45, 2.75) is 12.4 Å². The van der Waals surface area contributed by atoms with Gasteiger partial charge in [-0.2, -0.15) is 41.3 Å². The zero-order chi connectivity index (χ0) is 21.9. The number of nitrogens with zero attached hydrogens (tertiary/aromatic N) is 3. The molecule has 0 amide bonds. The van der Waals surface area contributed by atoms with Crippen LogP contribution in [0.5, 0.6) is 6.01 Å². The Bertz CT molecular complexity index is 1040. The van der Waals surface area contributed by atoms with Crippen LogP contribution in [-0.4, -0.2) is 27.7 Å². The summed E-state index contributed by atoms with van der Waals surface area (Å²) in [5, 5.41) is 2.84. The molecular weight excluding hydrogens is 438 g/mol. The van der Waals surface area contributed by atoms with Gasteiger partial charge in [0.15, 0.2) is 12.4 Å². The molecule has 0 fully saturated rings. The van der Waals surface area contributed by atoms with Crippen LogP contribution < -0.4 is 10.1 Å². The Morgan fingerprint density at radius 3 is 2.30 bits per heavy atom. The predicted octanol–water partition coefficient (Wildman–Crippen LogP) is 5.90. The standard InChI is InChI=1S/C18H11ClF6N4O/c19-12-5-1-3-10(7-12)14-27-15(29-16(28-14)30-9-17(20,21)22)26-13-6-2-4-11(8-13)18(23,24)25/h1-8H,9H2,(H,26,27,28,29). The lowest BCUT2D eigenvalue weighted by Crippen LogP contribution is -2.20. The van der Waals surface area contributed by atoms with Gasteiger partial charge < -0.3 is 10.1 Å². The van der Waals surface area contributed by atoms with Gasteiger partial charge in [-0.1, -0.05) is 29.8 Å². The lowest BCUT2D eigenvalue weighted by atomic mass is 10.2. The highest BCUT2D eigenvalue weighted by atomic mass is 35.5. The molecule has 0 saturated carbocycles. The number of benzene rings is 2. The number of nitrogens with one attached hydrogen (secondary N) is 1. The van der Waals surface area contributed by atoms with Gasteiger partial charge in [0.2, 0.25) is 5.95 Å². The second kappa shape index (κ2) is 8.34. The minimum absolute atomic E-state index is 0.0326. The Kier molecular flexibility index (Phi) is 6.01. The fourth-order valence-electron chi connectivity index (χ4n) is 2.28. The average Bonchev–Trinajstić information content (AvgIpc) is 2.65. The van der Waals surface area contributed by atoms with E-state index < -0.39 is 30.5 Å². The smallest absolute Gasteiger partial charge is 0.422 e. The SMILES string of the molecule is FC(F)(F)COc1nc(Nc2cccc(C(F)(F)F)c2)nc(-c2cccc(Cl)c2)n1. The van der Waals surface area contributed by atoms with E-state index in [9.17, 15) is 26.3 Å². The summed E-state index contributed by atoms with van der Waals surface area (Å²) in [6, 6.07) is 9.62. The molecule has 12 heteroatoms. The number of alkyl halides is 6. The molecule has 0 aliphatic heterocycles. The zero-order valence-electron chi connectivity index (χ0n) is 14.7. The molecule has 2 aromatic carbocycles. The quantitative estimate of drug-likeness (QED) is 0.493. The van der Waals surface area contributed by atoms with Crippen LogP contribution in [0.1, 0.15) is 5.56 Å². The van der Waals surface area contributed by atoms with Gasteiger partial charge in [0.1, 0.15) is 0 Å². The normalized spacial score (nSPS) is 12.0. The lowest BCUT2D eigenvalue weighted by molar-refractivity contribution is -0.154. The molecule has 0 saturated heterocycles. The van der Waals surface area contributed by atoms with Gasteiger partial charge in [0.25, 0.3) is 0 Å². The Morgan fingerprint density at radius 1 is 0.900 bits per heavy atom. The molecule has 1 aromatic heterocycles. The van der Waals surface area contributed by atoms with E-state index in [1.165, 1.54) is 12.1 Å². The summed E-state index contributed by atoms with van der Waals surface area (Å²) in [4.78, 5) is 11.6. The molecule has 3 aromatic rings. The highest BCUT2D eigenvalue weighted by molar-refractivity contribution is 6.30. The molecule has 0 radical (unpaired) electrons. The second-order valence-corrected chi connectivity index (χ2v) is 6.32. The molecule has 0 unspecified atom stereocenters. The lowest BCUT2D eigenvalue weighted by Gasteiger charge is -2.12. The van der Waals surface area contributed by atoms with E-state index in [2.05, 4.69) is 25.0 Å². The average molecular weight is 449 g/mol. The largest absolute Gasteiger partial charge is 0.454 e. The summed E-state index contributed by atoms with van der Waals surface area (Å²) in [5.41, 5.74) is -0.617. The number of hydrogen-bond donors (Lipinski definition) is 1. The number of anilines is 2. The van der Waals surface area contributed by atoms with Crippen molar-refractivity contribution in [3.63, 3.8) is 0 Å². The summed E-state index contributed by atoms with van der Waals surface area (Å²) in [6.07, 6.45) is -9.22. The maximum atomic E-state index is 12.9. The summed E-state index contributed by atoms with van der Waals surface area (Å²) in [5.74, 6) is -0.393. The number of ether oxygens (including phenoxy) is 1. The first-order chi connectivity index (χ1) is 14.0. The van der Waals surface area contributed by atoms with Crippen molar-refractivity contribution in [1.82, 2.24) is 15.0 Å². The second-order valence-electron chi connectivity index (χ2n) is 5.88. The molecule has 0 bridgehead atoms. The highest BCUT2D eigenvalue weighted by Gasteiger charge is 2.31. The minimum Gasteiger partial charge on any atom is -0.454 e. The maximum absolute atomic E-state index is 12.9. The number of halogens is 7. The Morgan fingerprint density at radius 2 is 1.63 bits per heavy atom. The fourth-order valence-corrected chi connectivity index (χ4v) is 2.47. The van der Waals surface area contributed by atoms with E-state index in [0.29, 0.717) is 10.6 Å². The van der Waals surface area contributed by atoms with E-state index in [1.54, 1.807) is 18.2 Å². The van der Waals surface area contributed by atoms with Gasteiger partial charge in [-0.05, 0) is 30.3 Å². The van der Waals surface area contributed by atoms with Gasteiger partial charge in [0.05, 0.1) is 5.56 Å².